The number of nitrogens with two attached hydrogens (primary N) is 1. The summed E-state index contributed by atoms with van der Waals surface area (Å²) < 4.78 is 25.3. The molecule has 0 amide bonds. The van der Waals surface area contributed by atoms with Crippen molar-refractivity contribution in [2.24, 2.45) is 5.73 Å². The first-order valence-corrected chi connectivity index (χ1v) is 10.5. The van der Waals surface area contributed by atoms with Crippen molar-refractivity contribution in [1.82, 2.24) is 4.98 Å². The van der Waals surface area contributed by atoms with Crippen molar-refractivity contribution in [1.29, 1.82) is 0 Å². The zero-order valence-electron chi connectivity index (χ0n) is 17.9. The van der Waals surface area contributed by atoms with E-state index in [0.717, 1.165) is 44.5 Å². The van der Waals surface area contributed by atoms with Crippen molar-refractivity contribution < 1.29 is 18.7 Å². The molecule has 3 N–H and O–H groups in total. The van der Waals surface area contributed by atoms with Crippen LogP contribution in [-0.2, 0) is 29.1 Å². The van der Waals surface area contributed by atoms with Gasteiger partial charge in [-0.05, 0) is 70.3 Å². The predicted molar refractivity (Wildman–Crippen MR) is 123 cm³/mol. The minimum Gasteiger partial charge on any atom is -0.489 e. The fourth-order valence-electron chi connectivity index (χ4n) is 3.79. The largest absolute Gasteiger partial charge is 0.489 e. The summed E-state index contributed by atoms with van der Waals surface area (Å²) in [7, 11) is 0. The fourth-order valence-corrected chi connectivity index (χ4v) is 3.79. The van der Waals surface area contributed by atoms with Gasteiger partial charge in [0.2, 0.25) is 0 Å². The highest BCUT2D eigenvalue weighted by Crippen LogP contribution is 2.32. The van der Waals surface area contributed by atoms with Gasteiger partial charge in [0.25, 0.3) is 0 Å². The molecule has 1 aromatic heterocycles. The monoisotopic (exact) mass is 432 g/mol. The zero-order chi connectivity index (χ0) is 22.5. The Kier molecular flexibility index (Phi) is 6.52. The molecule has 0 saturated heterocycles. The van der Waals surface area contributed by atoms with Gasteiger partial charge in [0.05, 0.1) is 6.61 Å². The van der Waals surface area contributed by atoms with Crippen LogP contribution in [0.1, 0.15) is 23.6 Å². The lowest BCUT2D eigenvalue weighted by molar-refractivity contribution is -0.140. The number of ether oxygens (including phenoxy) is 2. The highest BCUT2D eigenvalue weighted by molar-refractivity contribution is 5.95. The molecule has 4 aromatic rings. The first-order valence-electron chi connectivity index (χ1n) is 10.5. The Morgan fingerprint density at radius 1 is 1.06 bits per heavy atom. The summed E-state index contributed by atoms with van der Waals surface area (Å²) in [4.78, 5) is 14.3. The van der Waals surface area contributed by atoms with Crippen LogP contribution in [0, 0.1) is 5.82 Å². The van der Waals surface area contributed by atoms with Gasteiger partial charge < -0.3 is 20.2 Å². The molecule has 0 spiro atoms. The number of nitrogens with one attached hydrogen (secondary N) is 1. The zero-order valence-corrected chi connectivity index (χ0v) is 17.9. The van der Waals surface area contributed by atoms with Gasteiger partial charge in [-0.25, -0.2) is 4.39 Å². The number of aromatic nitrogens is 1. The number of carbonyl (C=O) groups is 1. The van der Waals surface area contributed by atoms with E-state index in [1.807, 2.05) is 54.7 Å². The van der Waals surface area contributed by atoms with Crippen LogP contribution in [0.3, 0.4) is 0 Å². The number of hydrogen-bond donors (Lipinski definition) is 2. The van der Waals surface area contributed by atoms with Crippen LogP contribution in [-0.4, -0.2) is 17.6 Å². The third-order valence-corrected chi connectivity index (χ3v) is 5.28. The second-order valence-electron chi connectivity index (χ2n) is 7.62. The molecule has 0 fully saturated rings. The summed E-state index contributed by atoms with van der Waals surface area (Å²) >= 11 is 0. The van der Waals surface area contributed by atoms with Gasteiger partial charge in [0.15, 0.2) is 0 Å². The minimum absolute atomic E-state index is 0.272. The van der Waals surface area contributed by atoms with E-state index >= 15 is 0 Å². The molecule has 0 unspecified atom stereocenters. The summed E-state index contributed by atoms with van der Waals surface area (Å²) in [6, 6.07) is 18.6. The van der Waals surface area contributed by atoms with Crippen LogP contribution in [0.4, 0.5) is 4.39 Å². The quantitative estimate of drug-likeness (QED) is 0.379. The maximum Gasteiger partial charge on any atom is 0.302 e. The lowest BCUT2D eigenvalue weighted by Crippen LogP contribution is -2.05. The summed E-state index contributed by atoms with van der Waals surface area (Å²) in [5, 5.41) is 1.00. The summed E-state index contributed by atoms with van der Waals surface area (Å²) in [6.07, 6.45) is 2.44. The maximum atomic E-state index is 14.2. The van der Waals surface area contributed by atoms with Gasteiger partial charge >= 0.3 is 5.97 Å². The first-order chi connectivity index (χ1) is 15.5. The molecular formula is C26H25FN2O3. The van der Waals surface area contributed by atoms with Crippen molar-refractivity contribution >= 4 is 16.9 Å². The van der Waals surface area contributed by atoms with Crippen LogP contribution < -0.4 is 10.5 Å². The van der Waals surface area contributed by atoms with E-state index in [0.29, 0.717) is 19.6 Å². The lowest BCUT2D eigenvalue weighted by Gasteiger charge is -2.13. The fraction of sp³-hybridized carbons (Fsp3) is 0.192. The van der Waals surface area contributed by atoms with Crippen LogP contribution in [0.25, 0.3) is 22.0 Å². The Bertz CT molecular complexity index is 1250. The molecule has 164 valence electrons. The average molecular weight is 432 g/mol. The number of esters is 1. The minimum atomic E-state index is -0.310. The molecule has 6 heteroatoms. The van der Waals surface area contributed by atoms with Crippen LogP contribution >= 0.6 is 0 Å². The molecule has 0 radical (unpaired) electrons. The normalized spacial score (nSPS) is 11.0. The molecule has 1 heterocycles. The highest BCUT2D eigenvalue weighted by atomic mass is 19.1. The van der Waals surface area contributed by atoms with Gasteiger partial charge in [-0.15, -0.1) is 0 Å². The average Bonchev–Trinajstić information content (AvgIpc) is 3.26. The van der Waals surface area contributed by atoms with E-state index in [1.165, 1.54) is 19.1 Å². The number of rotatable bonds is 8. The Morgan fingerprint density at radius 3 is 2.72 bits per heavy atom. The van der Waals surface area contributed by atoms with Crippen LogP contribution in [0.5, 0.6) is 5.75 Å². The number of para-hydroxylation sites is 1. The third-order valence-electron chi connectivity index (χ3n) is 5.28. The Morgan fingerprint density at radius 2 is 1.91 bits per heavy atom. The second-order valence-corrected chi connectivity index (χ2v) is 7.62. The molecule has 32 heavy (non-hydrogen) atoms. The number of benzene rings is 3. The molecule has 5 nitrogen and oxygen atoms in total. The Balaban J connectivity index is 1.61. The third kappa shape index (κ3) is 4.98. The highest BCUT2D eigenvalue weighted by Gasteiger charge is 2.11. The summed E-state index contributed by atoms with van der Waals surface area (Å²) in [6.45, 7) is 2.31. The molecule has 3 aromatic carbocycles. The number of H-pyrrole nitrogens is 1. The maximum absolute atomic E-state index is 14.2. The Hall–Kier alpha value is -3.64. The molecule has 4 rings (SSSR count). The van der Waals surface area contributed by atoms with Crippen molar-refractivity contribution in [3.63, 3.8) is 0 Å². The van der Waals surface area contributed by atoms with E-state index in [2.05, 4.69) is 4.98 Å². The Labute approximate surface area is 186 Å². The molecule has 0 saturated carbocycles. The summed E-state index contributed by atoms with van der Waals surface area (Å²) in [5.41, 5.74) is 11.0. The number of fused-ring (bicyclic) bond motifs is 1. The number of carbonyl (C=O) groups excluding carboxylic acids is 1. The number of hydrogen-bond acceptors (Lipinski definition) is 4. The second kappa shape index (κ2) is 9.66. The lowest BCUT2D eigenvalue weighted by atomic mass is 9.97. The van der Waals surface area contributed by atoms with Crippen molar-refractivity contribution in [2.75, 3.05) is 6.61 Å². The molecule has 0 bridgehead atoms. The van der Waals surface area contributed by atoms with E-state index in [9.17, 15) is 9.18 Å². The topological polar surface area (TPSA) is 77.3 Å². The molecular weight excluding hydrogens is 407 g/mol. The smallest absolute Gasteiger partial charge is 0.302 e. The summed E-state index contributed by atoms with van der Waals surface area (Å²) in [5.74, 6) is 0.129. The molecule has 0 aliphatic heterocycles. The van der Waals surface area contributed by atoms with Crippen LogP contribution in [0.2, 0.25) is 0 Å². The van der Waals surface area contributed by atoms with E-state index in [-0.39, 0.29) is 18.3 Å². The predicted octanol–water partition coefficient (Wildman–Crippen LogP) is 5.12. The van der Waals surface area contributed by atoms with Crippen molar-refractivity contribution in [2.45, 2.75) is 26.5 Å². The van der Waals surface area contributed by atoms with Gasteiger partial charge in [-0.1, -0.05) is 18.2 Å². The van der Waals surface area contributed by atoms with E-state index in [4.69, 9.17) is 15.2 Å². The SMILES string of the molecule is CC(=O)OCCc1ccccc1OCc1cc(-c2cc(F)cc(CN)c2)c2cc[nH]c2c1. The molecule has 0 aliphatic carbocycles. The van der Waals surface area contributed by atoms with E-state index in [1.54, 1.807) is 0 Å². The first kappa shape index (κ1) is 21.6. The van der Waals surface area contributed by atoms with Crippen LogP contribution in [0.15, 0.2) is 66.9 Å². The van der Waals surface area contributed by atoms with Crippen molar-refractivity contribution in [3.8, 4) is 16.9 Å². The number of halogens is 1. The van der Waals surface area contributed by atoms with Gasteiger partial charge in [0.1, 0.15) is 18.2 Å². The molecule has 0 aliphatic rings. The van der Waals surface area contributed by atoms with Gasteiger partial charge in [-0.2, -0.15) is 0 Å². The standard InChI is InChI=1S/C26H25FN2O3/c1-17(30)31-9-7-20-4-2-3-5-26(20)32-16-19-12-24(23-6-8-29-25(23)13-19)21-10-18(15-28)11-22(27)14-21/h2-6,8,10-14,29H,7,9,15-16,28H2,1H3. The van der Waals surface area contributed by atoms with E-state index < -0.39 is 0 Å². The van der Waals surface area contributed by atoms with Crippen molar-refractivity contribution in [3.05, 3.63) is 89.4 Å². The van der Waals surface area contributed by atoms with Gasteiger partial charge in [0, 0.05) is 37.0 Å². The number of aromatic amines is 1. The molecule has 0 atom stereocenters. The van der Waals surface area contributed by atoms with Gasteiger partial charge in [-0.3, -0.25) is 4.79 Å².